The highest BCUT2D eigenvalue weighted by molar-refractivity contribution is 5.90. The van der Waals surface area contributed by atoms with Gasteiger partial charge in [0.05, 0.1) is 7.11 Å². The van der Waals surface area contributed by atoms with Crippen LogP contribution in [-0.4, -0.2) is 12.2 Å². The number of fused-ring (bicyclic) bond motifs is 1. The normalized spacial score (nSPS) is 10.5. The summed E-state index contributed by atoms with van der Waals surface area (Å²) in [5.41, 5.74) is 6.61. The van der Waals surface area contributed by atoms with Gasteiger partial charge in [0.15, 0.2) is 0 Å². The number of rotatable bonds is 2. The highest BCUT2D eigenvalue weighted by atomic mass is 16.5. The maximum Gasteiger partial charge on any atom is 0.127 e. The second-order valence-corrected chi connectivity index (χ2v) is 3.41. The van der Waals surface area contributed by atoms with Crippen molar-refractivity contribution in [3.8, 4) is 11.5 Å². The number of methoxy groups -OCH3 is 1. The number of hydrogen-bond donors (Lipinski definition) is 2. The van der Waals surface area contributed by atoms with Gasteiger partial charge in [-0.2, -0.15) is 0 Å². The van der Waals surface area contributed by atoms with Crippen molar-refractivity contribution < 1.29 is 9.84 Å². The van der Waals surface area contributed by atoms with Gasteiger partial charge in [0.1, 0.15) is 11.5 Å². The van der Waals surface area contributed by atoms with E-state index < -0.39 is 0 Å². The van der Waals surface area contributed by atoms with Gasteiger partial charge in [0, 0.05) is 11.9 Å². The third kappa shape index (κ3) is 1.74. The molecule has 0 aliphatic carbocycles. The van der Waals surface area contributed by atoms with Crippen LogP contribution >= 0.6 is 0 Å². The Morgan fingerprint density at radius 2 is 2.07 bits per heavy atom. The first-order valence-electron chi connectivity index (χ1n) is 4.74. The van der Waals surface area contributed by atoms with E-state index in [1.54, 1.807) is 19.2 Å². The summed E-state index contributed by atoms with van der Waals surface area (Å²) in [6.07, 6.45) is 0. The summed E-state index contributed by atoms with van der Waals surface area (Å²) < 4.78 is 5.26. The van der Waals surface area contributed by atoms with Crippen molar-refractivity contribution in [1.82, 2.24) is 0 Å². The molecule has 0 aliphatic heterocycles. The van der Waals surface area contributed by atoms with Crippen LogP contribution in [-0.2, 0) is 6.54 Å². The van der Waals surface area contributed by atoms with Crippen LogP contribution in [0.1, 0.15) is 5.56 Å². The molecule has 0 spiro atoms. The molecule has 0 aromatic heterocycles. The van der Waals surface area contributed by atoms with Gasteiger partial charge in [0.2, 0.25) is 0 Å². The Kier molecular flexibility index (Phi) is 2.47. The average molecular weight is 203 g/mol. The SMILES string of the molecule is COc1cc(CN)cc2ccc(O)cc12. The highest BCUT2D eigenvalue weighted by Gasteiger charge is 2.04. The first-order chi connectivity index (χ1) is 7.24. The minimum Gasteiger partial charge on any atom is -0.508 e. The number of nitrogens with two attached hydrogens (primary N) is 1. The average Bonchev–Trinajstić information content (AvgIpc) is 2.27. The van der Waals surface area contributed by atoms with E-state index in [4.69, 9.17) is 10.5 Å². The van der Waals surface area contributed by atoms with Crippen molar-refractivity contribution in [3.63, 3.8) is 0 Å². The van der Waals surface area contributed by atoms with Crippen molar-refractivity contribution in [2.75, 3.05) is 7.11 Å². The molecule has 0 amide bonds. The topological polar surface area (TPSA) is 55.5 Å². The van der Waals surface area contributed by atoms with Gasteiger partial charge in [-0.1, -0.05) is 6.07 Å². The van der Waals surface area contributed by atoms with Crippen molar-refractivity contribution in [1.29, 1.82) is 0 Å². The quantitative estimate of drug-likeness (QED) is 0.785. The van der Waals surface area contributed by atoms with Crippen LogP contribution in [0.15, 0.2) is 30.3 Å². The highest BCUT2D eigenvalue weighted by Crippen LogP contribution is 2.30. The van der Waals surface area contributed by atoms with Gasteiger partial charge >= 0.3 is 0 Å². The van der Waals surface area contributed by atoms with Crippen LogP contribution in [0.5, 0.6) is 11.5 Å². The summed E-state index contributed by atoms with van der Waals surface area (Å²) in [5, 5.41) is 11.3. The largest absolute Gasteiger partial charge is 0.508 e. The molecule has 0 bridgehead atoms. The summed E-state index contributed by atoms with van der Waals surface area (Å²) in [5.74, 6) is 0.977. The van der Waals surface area contributed by atoms with E-state index in [1.807, 2.05) is 18.2 Å². The zero-order chi connectivity index (χ0) is 10.8. The molecule has 0 radical (unpaired) electrons. The third-order valence-electron chi connectivity index (χ3n) is 2.42. The van der Waals surface area contributed by atoms with E-state index in [-0.39, 0.29) is 5.75 Å². The van der Waals surface area contributed by atoms with E-state index in [1.165, 1.54) is 0 Å². The molecule has 2 aromatic rings. The lowest BCUT2D eigenvalue weighted by Crippen LogP contribution is -1.97. The Hall–Kier alpha value is -1.74. The Labute approximate surface area is 88.1 Å². The predicted octanol–water partition coefficient (Wildman–Crippen LogP) is 2.01. The van der Waals surface area contributed by atoms with Crippen LogP contribution in [0.2, 0.25) is 0 Å². The fourth-order valence-corrected chi connectivity index (χ4v) is 1.66. The lowest BCUT2D eigenvalue weighted by atomic mass is 10.1. The molecule has 0 heterocycles. The van der Waals surface area contributed by atoms with Crippen LogP contribution < -0.4 is 10.5 Å². The third-order valence-corrected chi connectivity index (χ3v) is 2.42. The number of phenolic OH excluding ortho intramolecular Hbond substituents is 1. The molecule has 2 rings (SSSR count). The van der Waals surface area contributed by atoms with Crippen molar-refractivity contribution in [2.45, 2.75) is 6.54 Å². The van der Waals surface area contributed by atoms with Gasteiger partial charge < -0.3 is 15.6 Å². The molecule has 2 aromatic carbocycles. The Balaban J connectivity index is 2.75. The lowest BCUT2D eigenvalue weighted by molar-refractivity contribution is 0.419. The van der Waals surface area contributed by atoms with E-state index in [9.17, 15) is 5.11 Å². The fraction of sp³-hybridized carbons (Fsp3) is 0.167. The van der Waals surface area contributed by atoms with E-state index >= 15 is 0 Å². The van der Waals surface area contributed by atoms with Crippen LogP contribution in [0.4, 0.5) is 0 Å². The number of aromatic hydroxyl groups is 1. The second kappa shape index (κ2) is 3.79. The monoisotopic (exact) mass is 203 g/mol. The molecule has 3 N–H and O–H groups in total. The molecular weight excluding hydrogens is 190 g/mol. The van der Waals surface area contributed by atoms with Gasteiger partial charge in [0.25, 0.3) is 0 Å². The maximum absolute atomic E-state index is 9.40. The van der Waals surface area contributed by atoms with E-state index in [0.717, 1.165) is 22.1 Å². The number of phenols is 1. The summed E-state index contributed by atoms with van der Waals surface area (Å²) in [4.78, 5) is 0. The van der Waals surface area contributed by atoms with Crippen LogP contribution in [0.3, 0.4) is 0 Å². The smallest absolute Gasteiger partial charge is 0.127 e. The predicted molar refractivity (Wildman–Crippen MR) is 60.1 cm³/mol. The van der Waals surface area contributed by atoms with Crippen molar-refractivity contribution >= 4 is 10.8 Å². The lowest BCUT2D eigenvalue weighted by Gasteiger charge is -2.08. The van der Waals surface area contributed by atoms with Gasteiger partial charge in [-0.15, -0.1) is 0 Å². The zero-order valence-corrected chi connectivity index (χ0v) is 8.53. The molecule has 0 fully saturated rings. The van der Waals surface area contributed by atoms with Crippen molar-refractivity contribution in [3.05, 3.63) is 35.9 Å². The van der Waals surface area contributed by atoms with Crippen molar-refractivity contribution in [2.24, 2.45) is 5.73 Å². The zero-order valence-electron chi connectivity index (χ0n) is 8.53. The Morgan fingerprint density at radius 1 is 1.27 bits per heavy atom. The van der Waals surface area contributed by atoms with Gasteiger partial charge in [-0.05, 0) is 35.2 Å². The summed E-state index contributed by atoms with van der Waals surface area (Å²) in [7, 11) is 1.61. The molecule has 78 valence electrons. The first-order valence-corrected chi connectivity index (χ1v) is 4.74. The molecule has 0 saturated heterocycles. The summed E-state index contributed by atoms with van der Waals surface area (Å²) in [6, 6.07) is 9.09. The minimum absolute atomic E-state index is 0.237. The standard InChI is InChI=1S/C12H13NO2/c1-15-12-5-8(7-13)4-9-2-3-10(14)6-11(9)12/h2-6,14H,7,13H2,1H3. The maximum atomic E-state index is 9.40. The second-order valence-electron chi connectivity index (χ2n) is 3.41. The molecule has 3 nitrogen and oxygen atoms in total. The van der Waals surface area contributed by atoms with E-state index in [0.29, 0.717) is 6.54 Å². The molecule has 0 aliphatic rings. The Bertz CT molecular complexity index is 494. The molecule has 0 saturated carbocycles. The molecule has 3 heteroatoms. The molecule has 0 unspecified atom stereocenters. The number of hydrogen-bond acceptors (Lipinski definition) is 3. The Morgan fingerprint density at radius 3 is 2.73 bits per heavy atom. The van der Waals surface area contributed by atoms with Crippen LogP contribution in [0.25, 0.3) is 10.8 Å². The van der Waals surface area contributed by atoms with E-state index in [2.05, 4.69) is 0 Å². The molecule has 15 heavy (non-hydrogen) atoms. The fourth-order valence-electron chi connectivity index (χ4n) is 1.66. The molecular formula is C12H13NO2. The molecule has 0 atom stereocenters. The van der Waals surface area contributed by atoms with Gasteiger partial charge in [-0.25, -0.2) is 0 Å². The number of ether oxygens (including phenoxy) is 1. The first kappa shape index (κ1) is 9.80. The number of benzene rings is 2. The summed E-state index contributed by atoms with van der Waals surface area (Å²) >= 11 is 0. The van der Waals surface area contributed by atoms with Gasteiger partial charge in [-0.3, -0.25) is 0 Å². The minimum atomic E-state index is 0.237. The van der Waals surface area contributed by atoms with Crippen LogP contribution in [0, 0.1) is 0 Å². The summed E-state index contributed by atoms with van der Waals surface area (Å²) in [6.45, 7) is 0.479.